The summed E-state index contributed by atoms with van der Waals surface area (Å²) in [5, 5.41) is 10.1. The Labute approximate surface area is 281 Å². The van der Waals surface area contributed by atoms with Crippen LogP contribution in [0.15, 0.2) is 145 Å². The number of hydrogen-bond acceptors (Lipinski definition) is 3. The predicted octanol–water partition coefficient (Wildman–Crippen LogP) is 9.39. The van der Waals surface area contributed by atoms with Crippen molar-refractivity contribution >= 4 is 33.7 Å². The first-order valence-electron chi connectivity index (χ1n) is 16.7. The highest BCUT2D eigenvalue weighted by Crippen LogP contribution is 2.38. The lowest BCUT2D eigenvalue weighted by atomic mass is 9.95. The van der Waals surface area contributed by atoms with Crippen LogP contribution in [-0.4, -0.2) is 16.9 Å². The molecule has 0 saturated carbocycles. The highest BCUT2D eigenvalue weighted by atomic mass is 15.2. The average Bonchev–Trinajstić information content (AvgIpc) is 3.33. The highest BCUT2D eigenvalue weighted by Gasteiger charge is 2.25. The van der Waals surface area contributed by atoms with Crippen LogP contribution in [0.4, 0.5) is 0 Å². The minimum absolute atomic E-state index is 0.0445. The van der Waals surface area contributed by atoms with Crippen molar-refractivity contribution in [3.63, 3.8) is 0 Å². The summed E-state index contributed by atoms with van der Waals surface area (Å²) in [6, 6.07) is 53.8. The molecule has 1 aliphatic heterocycles. The van der Waals surface area contributed by atoms with Crippen molar-refractivity contribution < 1.29 is 0 Å². The molecule has 4 nitrogen and oxygen atoms in total. The van der Waals surface area contributed by atoms with Crippen molar-refractivity contribution in [3.05, 3.63) is 179 Å². The fourth-order valence-corrected chi connectivity index (χ4v) is 7.30. The second kappa shape index (κ2) is 12.0. The average molecular weight is 619 g/mol. The molecular formula is C44H34N4. The van der Waals surface area contributed by atoms with Crippen LogP contribution in [0.2, 0.25) is 0 Å². The van der Waals surface area contributed by atoms with Gasteiger partial charge in [0, 0.05) is 34.1 Å². The van der Waals surface area contributed by atoms with E-state index in [2.05, 4.69) is 161 Å². The molecule has 0 radical (unpaired) electrons. The summed E-state index contributed by atoms with van der Waals surface area (Å²) in [6.07, 6.45) is 6.52. The molecule has 0 fully saturated rings. The van der Waals surface area contributed by atoms with Crippen molar-refractivity contribution in [3.8, 4) is 16.8 Å². The quantitative estimate of drug-likeness (QED) is 0.202. The Balaban J connectivity index is 1.14. The van der Waals surface area contributed by atoms with Crippen molar-refractivity contribution in [2.75, 3.05) is 6.54 Å². The predicted molar refractivity (Wildman–Crippen MR) is 197 cm³/mol. The summed E-state index contributed by atoms with van der Waals surface area (Å²) in [5.74, 6) is 0.873. The number of allylic oxidation sites excluding steroid dienone is 1. The Hall–Kier alpha value is -5.89. The first-order chi connectivity index (χ1) is 23.8. The van der Waals surface area contributed by atoms with E-state index in [1.54, 1.807) is 0 Å². The summed E-state index contributed by atoms with van der Waals surface area (Å²) < 4.78 is 2.44. The molecule has 0 bridgehead atoms. The van der Waals surface area contributed by atoms with Crippen LogP contribution in [0, 0.1) is 12.1 Å². The van der Waals surface area contributed by atoms with Gasteiger partial charge in [-0.3, -0.25) is 5.32 Å². The van der Waals surface area contributed by atoms with Gasteiger partial charge < -0.3 is 9.88 Å². The maximum atomic E-state index is 5.33. The van der Waals surface area contributed by atoms with Crippen molar-refractivity contribution in [2.24, 2.45) is 4.99 Å². The van der Waals surface area contributed by atoms with Gasteiger partial charge in [-0.15, -0.1) is 0 Å². The third-order valence-electron chi connectivity index (χ3n) is 9.72. The lowest BCUT2D eigenvalue weighted by Crippen LogP contribution is -2.32. The normalized spacial score (nSPS) is 17.3. The van der Waals surface area contributed by atoms with Crippen LogP contribution < -0.4 is 10.6 Å². The summed E-state index contributed by atoms with van der Waals surface area (Å²) >= 11 is 0. The van der Waals surface area contributed by atoms with E-state index in [4.69, 9.17) is 4.99 Å². The van der Waals surface area contributed by atoms with Crippen LogP contribution in [0.5, 0.6) is 0 Å². The van der Waals surface area contributed by atoms with E-state index in [-0.39, 0.29) is 12.2 Å². The van der Waals surface area contributed by atoms with Crippen LogP contribution in [0.1, 0.15) is 46.4 Å². The standard InChI is InChI=1S/C44H34N4/c1-4-12-30(13-5-1)31-20-22-33(23-21-31)40-29-45-43(47-44(46-40)34-15-6-2-7-16-34)35-25-26-38-39-27-24-32-14-10-11-19-37(32)42(39)48(41(38)28-35)36-17-8-3-9-18-36/h1,3-6,8-9,11-13,15-28,40,44,46H,10,14,29H2,(H,45,47). The molecule has 0 saturated heterocycles. The molecule has 4 heteroatoms. The Morgan fingerprint density at radius 1 is 0.708 bits per heavy atom. The molecule has 0 amide bonds. The van der Waals surface area contributed by atoms with Gasteiger partial charge in [0.15, 0.2) is 0 Å². The van der Waals surface area contributed by atoms with Gasteiger partial charge in [0.05, 0.1) is 17.1 Å². The molecule has 230 valence electrons. The number of rotatable bonds is 5. The minimum atomic E-state index is -0.257. The molecule has 2 atom stereocenters. The third kappa shape index (κ3) is 5.06. The van der Waals surface area contributed by atoms with Crippen LogP contribution in [0.25, 0.3) is 44.7 Å². The topological polar surface area (TPSA) is 41.4 Å². The van der Waals surface area contributed by atoms with E-state index < -0.39 is 0 Å². The second-order valence-electron chi connectivity index (χ2n) is 12.6. The molecule has 2 unspecified atom stereocenters. The number of nitrogens with zero attached hydrogens (tertiary/aromatic N) is 2. The van der Waals surface area contributed by atoms with Gasteiger partial charge in [-0.05, 0) is 77.1 Å². The zero-order valence-electron chi connectivity index (χ0n) is 26.5. The monoisotopic (exact) mass is 618 g/mol. The molecule has 2 N–H and O–H groups in total. The number of aliphatic imine (C=N–C) groups is 1. The SMILES string of the molecule is c1ccc(C2N=C(c3ccc4c5ccc6c(c5n(-c5ccccc5)c4c3)C=CCC6)NCC(c3ccc(-c4ccccc4)cc3)N2)cc#1. The maximum Gasteiger partial charge on any atom is 0.130 e. The van der Waals surface area contributed by atoms with E-state index in [1.165, 1.54) is 49.6 Å². The number of para-hydroxylation sites is 1. The lowest BCUT2D eigenvalue weighted by molar-refractivity contribution is 0.467. The molecule has 9 rings (SSSR count). The van der Waals surface area contributed by atoms with Gasteiger partial charge in [-0.1, -0.05) is 121 Å². The molecule has 2 aliphatic rings. The van der Waals surface area contributed by atoms with Gasteiger partial charge in [0.2, 0.25) is 0 Å². The largest absolute Gasteiger partial charge is 0.368 e. The number of benzene rings is 5. The zero-order valence-corrected chi connectivity index (χ0v) is 26.5. The summed E-state index contributed by atoms with van der Waals surface area (Å²) in [7, 11) is 0. The fraction of sp³-hybridized carbons (Fsp3) is 0.114. The van der Waals surface area contributed by atoms with Crippen LogP contribution in [-0.2, 0) is 6.42 Å². The molecule has 48 heavy (non-hydrogen) atoms. The molecule has 2 heterocycles. The fourth-order valence-electron chi connectivity index (χ4n) is 7.30. The van der Waals surface area contributed by atoms with E-state index in [0.29, 0.717) is 6.54 Å². The Kier molecular flexibility index (Phi) is 7.11. The molecule has 7 aromatic rings. The minimum Gasteiger partial charge on any atom is -0.368 e. The molecule has 6 aromatic carbocycles. The summed E-state index contributed by atoms with van der Waals surface area (Å²) in [4.78, 5) is 5.33. The van der Waals surface area contributed by atoms with Gasteiger partial charge in [-0.2, -0.15) is 0 Å². The van der Waals surface area contributed by atoms with E-state index in [1.807, 2.05) is 12.1 Å². The summed E-state index contributed by atoms with van der Waals surface area (Å²) in [5.41, 5.74) is 12.1. The van der Waals surface area contributed by atoms with Crippen molar-refractivity contribution in [2.45, 2.75) is 25.0 Å². The van der Waals surface area contributed by atoms with Gasteiger partial charge in [0.1, 0.15) is 12.0 Å². The van der Waals surface area contributed by atoms with Crippen molar-refractivity contribution in [1.82, 2.24) is 15.2 Å². The maximum absolute atomic E-state index is 5.33. The molecular weight excluding hydrogens is 585 g/mol. The van der Waals surface area contributed by atoms with Gasteiger partial charge >= 0.3 is 0 Å². The number of hydrogen-bond donors (Lipinski definition) is 2. The number of aromatic nitrogens is 1. The molecule has 1 aliphatic carbocycles. The molecule has 0 spiro atoms. The van der Waals surface area contributed by atoms with E-state index in [0.717, 1.165) is 35.5 Å². The second-order valence-corrected chi connectivity index (χ2v) is 12.6. The van der Waals surface area contributed by atoms with Crippen LogP contribution in [0.3, 0.4) is 0 Å². The smallest absolute Gasteiger partial charge is 0.130 e. The highest BCUT2D eigenvalue weighted by molar-refractivity contribution is 6.14. The Morgan fingerprint density at radius 3 is 2.29 bits per heavy atom. The first kappa shape index (κ1) is 28.3. The number of aryl methyl sites for hydroxylation is 1. The van der Waals surface area contributed by atoms with Gasteiger partial charge in [-0.25, -0.2) is 4.99 Å². The lowest BCUT2D eigenvalue weighted by Gasteiger charge is -2.21. The summed E-state index contributed by atoms with van der Waals surface area (Å²) in [6.45, 7) is 0.695. The third-order valence-corrected chi connectivity index (χ3v) is 9.72. The number of fused-ring (bicyclic) bond motifs is 5. The Bertz CT molecular complexity index is 2300. The molecule has 1 aromatic heterocycles. The van der Waals surface area contributed by atoms with E-state index >= 15 is 0 Å². The zero-order chi connectivity index (χ0) is 31.9. The van der Waals surface area contributed by atoms with Crippen molar-refractivity contribution in [1.29, 1.82) is 0 Å². The number of amidine groups is 1. The first-order valence-corrected chi connectivity index (χ1v) is 16.7. The van der Waals surface area contributed by atoms with E-state index in [9.17, 15) is 0 Å². The van der Waals surface area contributed by atoms with Gasteiger partial charge in [0.25, 0.3) is 0 Å². The van der Waals surface area contributed by atoms with Crippen LogP contribution >= 0.6 is 0 Å². The number of nitrogens with one attached hydrogen (secondary N) is 2. The Morgan fingerprint density at radius 2 is 1.48 bits per heavy atom.